The highest BCUT2D eigenvalue weighted by Gasteiger charge is 2.44. The Labute approximate surface area is 141 Å². The Hall–Kier alpha value is -1.50. The van der Waals surface area contributed by atoms with Gasteiger partial charge < -0.3 is 9.80 Å². The molecule has 1 spiro atoms. The summed E-state index contributed by atoms with van der Waals surface area (Å²) in [6, 6.07) is 0. The molecule has 0 N–H and O–H groups in total. The second-order valence-corrected chi connectivity index (χ2v) is 7.86. The van der Waals surface area contributed by atoms with Gasteiger partial charge >= 0.3 is 0 Å². The first-order valence-electron chi connectivity index (χ1n) is 8.29. The summed E-state index contributed by atoms with van der Waals surface area (Å²) in [5, 5.41) is 3.97. The quantitative estimate of drug-likeness (QED) is 0.843. The van der Waals surface area contributed by atoms with Crippen molar-refractivity contribution in [1.82, 2.24) is 19.4 Å². The van der Waals surface area contributed by atoms with Gasteiger partial charge in [0.15, 0.2) is 0 Å². The van der Waals surface area contributed by atoms with Gasteiger partial charge in [-0.25, -0.2) is 0 Å². The van der Waals surface area contributed by atoms with Gasteiger partial charge in [0.2, 0.25) is 11.8 Å². The van der Waals surface area contributed by atoms with Crippen LogP contribution < -0.4 is 0 Å². The van der Waals surface area contributed by atoms with Crippen molar-refractivity contribution in [3.05, 3.63) is 10.6 Å². The SMILES string of the molecule is Cc1nnsc1CN(C)C(=O)CN1CC2(CCCCC2)CC1=O. The minimum Gasteiger partial charge on any atom is -0.339 e. The Morgan fingerprint density at radius 3 is 2.74 bits per heavy atom. The van der Waals surface area contributed by atoms with E-state index < -0.39 is 0 Å². The molecule has 1 aliphatic carbocycles. The van der Waals surface area contributed by atoms with E-state index in [1.807, 2.05) is 6.92 Å². The molecule has 2 aliphatic rings. The topological polar surface area (TPSA) is 66.4 Å². The van der Waals surface area contributed by atoms with Crippen molar-refractivity contribution in [2.24, 2.45) is 5.41 Å². The maximum atomic E-state index is 12.4. The number of rotatable bonds is 4. The molecule has 1 aromatic heterocycles. The van der Waals surface area contributed by atoms with E-state index in [-0.39, 0.29) is 23.8 Å². The predicted molar refractivity (Wildman–Crippen MR) is 87.8 cm³/mol. The standard InChI is InChI=1S/C16H24N4O2S/c1-12-13(23-18-17-12)9-19(2)15(22)10-20-11-16(8-14(20)21)6-4-3-5-7-16/h3-11H2,1-2H3. The molecule has 1 aromatic rings. The molecule has 3 rings (SSSR count). The van der Waals surface area contributed by atoms with Crippen molar-refractivity contribution in [2.45, 2.75) is 52.0 Å². The summed E-state index contributed by atoms with van der Waals surface area (Å²) in [7, 11) is 1.78. The van der Waals surface area contributed by atoms with Crippen molar-refractivity contribution in [1.29, 1.82) is 0 Å². The number of amides is 2. The number of likely N-dealkylation sites (N-methyl/N-ethyl adjacent to an activating group) is 1. The fourth-order valence-electron chi connectivity index (χ4n) is 3.75. The molecule has 7 heteroatoms. The van der Waals surface area contributed by atoms with Crippen LogP contribution in [0.2, 0.25) is 0 Å². The van der Waals surface area contributed by atoms with Crippen LogP contribution in [0, 0.1) is 12.3 Å². The third-order valence-electron chi connectivity index (χ3n) is 5.20. The van der Waals surface area contributed by atoms with Crippen LogP contribution in [0.4, 0.5) is 0 Å². The zero-order chi connectivity index (χ0) is 16.4. The number of hydrogen-bond donors (Lipinski definition) is 0. The van der Waals surface area contributed by atoms with Gasteiger partial charge in [0.25, 0.3) is 0 Å². The second-order valence-electron chi connectivity index (χ2n) is 7.02. The van der Waals surface area contributed by atoms with Crippen LogP contribution in [0.3, 0.4) is 0 Å². The monoisotopic (exact) mass is 336 g/mol. The summed E-state index contributed by atoms with van der Waals surface area (Å²) in [5.41, 5.74) is 1.01. The maximum Gasteiger partial charge on any atom is 0.242 e. The molecule has 6 nitrogen and oxygen atoms in total. The van der Waals surface area contributed by atoms with Gasteiger partial charge in [-0.3, -0.25) is 9.59 Å². The highest BCUT2D eigenvalue weighted by atomic mass is 32.1. The van der Waals surface area contributed by atoms with Gasteiger partial charge in [0, 0.05) is 20.0 Å². The molecule has 0 aromatic carbocycles. The number of aromatic nitrogens is 2. The molecule has 0 atom stereocenters. The Balaban J connectivity index is 1.57. The molecular weight excluding hydrogens is 312 g/mol. The van der Waals surface area contributed by atoms with E-state index >= 15 is 0 Å². The number of carbonyl (C=O) groups is 2. The van der Waals surface area contributed by atoms with Gasteiger partial charge in [0.1, 0.15) is 0 Å². The fraction of sp³-hybridized carbons (Fsp3) is 0.750. The first kappa shape index (κ1) is 16.4. The third-order valence-corrected chi connectivity index (χ3v) is 6.01. The van der Waals surface area contributed by atoms with Crippen LogP contribution in [-0.2, 0) is 16.1 Å². The zero-order valence-corrected chi connectivity index (χ0v) is 14.7. The molecular formula is C16H24N4O2S. The lowest BCUT2D eigenvalue weighted by molar-refractivity contribution is -0.137. The Morgan fingerprint density at radius 2 is 2.09 bits per heavy atom. The van der Waals surface area contributed by atoms with E-state index in [4.69, 9.17) is 0 Å². The van der Waals surface area contributed by atoms with E-state index in [0.29, 0.717) is 13.0 Å². The average Bonchev–Trinajstić information content (AvgIpc) is 3.04. The highest BCUT2D eigenvalue weighted by Crippen LogP contribution is 2.44. The molecule has 2 fully saturated rings. The average molecular weight is 336 g/mol. The van der Waals surface area contributed by atoms with Crippen molar-refractivity contribution < 1.29 is 9.59 Å². The summed E-state index contributed by atoms with van der Waals surface area (Å²) in [4.78, 5) is 29.2. The van der Waals surface area contributed by atoms with Crippen molar-refractivity contribution in [3.8, 4) is 0 Å². The molecule has 1 aliphatic heterocycles. The zero-order valence-electron chi connectivity index (χ0n) is 13.9. The summed E-state index contributed by atoms with van der Waals surface area (Å²) < 4.78 is 3.90. The van der Waals surface area contributed by atoms with E-state index in [0.717, 1.165) is 30.0 Å². The van der Waals surface area contributed by atoms with Crippen LogP contribution in [0.15, 0.2) is 0 Å². The number of hydrogen-bond acceptors (Lipinski definition) is 5. The minimum atomic E-state index is -0.0148. The number of aryl methyl sites for hydroxylation is 1. The number of nitrogens with zero attached hydrogens (tertiary/aromatic N) is 4. The van der Waals surface area contributed by atoms with E-state index in [1.165, 1.54) is 30.8 Å². The lowest BCUT2D eigenvalue weighted by Gasteiger charge is -2.32. The van der Waals surface area contributed by atoms with Gasteiger partial charge in [0.05, 0.1) is 23.7 Å². The maximum absolute atomic E-state index is 12.4. The summed E-state index contributed by atoms with van der Waals surface area (Å²) in [6.45, 7) is 3.36. The summed E-state index contributed by atoms with van der Waals surface area (Å²) in [5.74, 6) is 0.128. The van der Waals surface area contributed by atoms with E-state index in [9.17, 15) is 9.59 Å². The van der Waals surface area contributed by atoms with Gasteiger partial charge in [-0.15, -0.1) is 5.10 Å². The second kappa shape index (κ2) is 6.55. The molecule has 0 radical (unpaired) electrons. The fourth-order valence-corrected chi connectivity index (χ4v) is 4.43. The Bertz CT molecular complexity index is 595. The molecule has 1 saturated heterocycles. The van der Waals surface area contributed by atoms with Crippen LogP contribution in [0.5, 0.6) is 0 Å². The van der Waals surface area contributed by atoms with Gasteiger partial charge in [-0.2, -0.15) is 0 Å². The minimum absolute atomic E-state index is 0.0148. The lowest BCUT2D eigenvalue weighted by atomic mass is 9.73. The predicted octanol–water partition coefficient (Wildman–Crippen LogP) is 1.99. The van der Waals surface area contributed by atoms with Crippen LogP contribution in [-0.4, -0.2) is 51.3 Å². The summed E-state index contributed by atoms with van der Waals surface area (Å²) >= 11 is 1.32. The van der Waals surface area contributed by atoms with Crippen LogP contribution in [0.25, 0.3) is 0 Å². The Morgan fingerprint density at radius 1 is 1.35 bits per heavy atom. The van der Waals surface area contributed by atoms with Crippen molar-refractivity contribution in [3.63, 3.8) is 0 Å². The highest BCUT2D eigenvalue weighted by molar-refractivity contribution is 7.05. The first-order valence-corrected chi connectivity index (χ1v) is 9.06. The van der Waals surface area contributed by atoms with Crippen molar-refractivity contribution >= 4 is 23.3 Å². The number of carbonyl (C=O) groups excluding carboxylic acids is 2. The van der Waals surface area contributed by atoms with E-state index in [2.05, 4.69) is 9.59 Å². The lowest BCUT2D eigenvalue weighted by Crippen LogP contribution is -2.39. The summed E-state index contributed by atoms with van der Waals surface area (Å²) in [6.07, 6.45) is 6.59. The molecule has 0 unspecified atom stereocenters. The molecule has 23 heavy (non-hydrogen) atoms. The largest absolute Gasteiger partial charge is 0.339 e. The molecule has 1 saturated carbocycles. The normalized spacial score (nSPS) is 20.3. The van der Waals surface area contributed by atoms with Crippen LogP contribution >= 0.6 is 11.5 Å². The smallest absolute Gasteiger partial charge is 0.242 e. The molecule has 126 valence electrons. The molecule has 2 amide bonds. The van der Waals surface area contributed by atoms with Gasteiger partial charge in [-0.05, 0) is 36.7 Å². The molecule has 2 heterocycles. The molecule has 0 bridgehead atoms. The van der Waals surface area contributed by atoms with Crippen LogP contribution in [0.1, 0.15) is 49.1 Å². The van der Waals surface area contributed by atoms with E-state index in [1.54, 1.807) is 16.8 Å². The van der Waals surface area contributed by atoms with Crippen molar-refractivity contribution in [2.75, 3.05) is 20.1 Å². The first-order chi connectivity index (χ1) is 11.0. The Kier molecular flexibility index (Phi) is 4.66. The third kappa shape index (κ3) is 3.54. The van der Waals surface area contributed by atoms with Gasteiger partial charge in [-0.1, -0.05) is 23.8 Å². The number of likely N-dealkylation sites (tertiary alicyclic amines) is 1.